The zero-order valence-electron chi connectivity index (χ0n) is 10.6. The molecule has 1 aliphatic heterocycles. The molecule has 0 amide bonds. The van der Waals surface area contributed by atoms with Crippen molar-refractivity contribution in [1.29, 1.82) is 0 Å². The smallest absolute Gasteiger partial charge is 0.141 e. The van der Waals surface area contributed by atoms with Crippen molar-refractivity contribution in [1.82, 2.24) is 10.3 Å². The number of piperidine rings is 1. The lowest BCUT2D eigenvalue weighted by atomic mass is 10.0. The molecule has 3 nitrogen and oxygen atoms in total. The van der Waals surface area contributed by atoms with Crippen molar-refractivity contribution in [3.05, 3.63) is 24.1 Å². The molecule has 2 heterocycles. The van der Waals surface area contributed by atoms with Gasteiger partial charge in [-0.3, -0.25) is 0 Å². The predicted molar refractivity (Wildman–Crippen MR) is 70.2 cm³/mol. The van der Waals surface area contributed by atoms with Crippen LogP contribution in [0.1, 0.15) is 32.1 Å². The predicted octanol–water partition coefficient (Wildman–Crippen LogP) is 2.33. The van der Waals surface area contributed by atoms with E-state index >= 15 is 0 Å². The fraction of sp³-hybridized carbons (Fsp3) is 0.643. The number of hydrogen-bond donors (Lipinski definition) is 1. The van der Waals surface area contributed by atoms with Crippen LogP contribution in [0.3, 0.4) is 0 Å². The number of hydrogen-bond acceptors (Lipinski definition) is 3. The molecule has 0 spiro atoms. The minimum atomic E-state index is -0.261. The summed E-state index contributed by atoms with van der Waals surface area (Å²) >= 11 is 0. The molecule has 0 radical (unpaired) electrons. The van der Waals surface area contributed by atoms with E-state index in [4.69, 9.17) is 0 Å². The Morgan fingerprint density at radius 3 is 2.89 bits per heavy atom. The first kappa shape index (κ1) is 11.9. The summed E-state index contributed by atoms with van der Waals surface area (Å²) in [5.74, 6) is 0.655. The second-order valence-corrected chi connectivity index (χ2v) is 5.36. The van der Waals surface area contributed by atoms with Gasteiger partial charge in [-0.25, -0.2) is 9.37 Å². The van der Waals surface area contributed by atoms with Gasteiger partial charge in [0.15, 0.2) is 0 Å². The summed E-state index contributed by atoms with van der Waals surface area (Å²) in [7, 11) is 0. The molecule has 1 aromatic heterocycles. The normalized spacial score (nSPS) is 24.3. The lowest BCUT2D eigenvalue weighted by Crippen LogP contribution is -2.46. The highest BCUT2D eigenvalue weighted by molar-refractivity contribution is 5.40. The zero-order valence-corrected chi connectivity index (χ0v) is 10.6. The van der Waals surface area contributed by atoms with Crippen LogP contribution in [-0.4, -0.2) is 30.2 Å². The van der Waals surface area contributed by atoms with Crippen LogP contribution in [0.5, 0.6) is 0 Å². The Kier molecular flexibility index (Phi) is 3.46. The van der Waals surface area contributed by atoms with E-state index in [1.807, 2.05) is 0 Å². The van der Waals surface area contributed by atoms with Crippen LogP contribution >= 0.6 is 0 Å². The van der Waals surface area contributed by atoms with Crippen LogP contribution in [-0.2, 0) is 0 Å². The van der Waals surface area contributed by atoms with E-state index in [1.54, 1.807) is 6.07 Å². The van der Waals surface area contributed by atoms with Gasteiger partial charge in [-0.1, -0.05) is 0 Å². The van der Waals surface area contributed by atoms with E-state index in [-0.39, 0.29) is 5.82 Å². The molecular weight excluding hydrogens is 229 g/mol. The van der Waals surface area contributed by atoms with Gasteiger partial charge in [0.2, 0.25) is 0 Å². The molecule has 1 unspecified atom stereocenters. The Hall–Kier alpha value is -1.16. The maximum atomic E-state index is 12.9. The minimum absolute atomic E-state index is 0.261. The van der Waals surface area contributed by atoms with Gasteiger partial charge >= 0.3 is 0 Å². The second kappa shape index (κ2) is 5.22. The Labute approximate surface area is 107 Å². The van der Waals surface area contributed by atoms with Crippen molar-refractivity contribution >= 4 is 5.82 Å². The van der Waals surface area contributed by atoms with Gasteiger partial charge in [-0.2, -0.15) is 0 Å². The molecule has 1 aromatic rings. The number of nitrogens with zero attached hydrogens (tertiary/aromatic N) is 2. The fourth-order valence-electron chi connectivity index (χ4n) is 2.64. The van der Waals surface area contributed by atoms with E-state index in [2.05, 4.69) is 15.2 Å². The first-order valence-electron chi connectivity index (χ1n) is 6.94. The van der Waals surface area contributed by atoms with Crippen molar-refractivity contribution < 1.29 is 4.39 Å². The maximum Gasteiger partial charge on any atom is 0.141 e. The molecule has 2 aliphatic rings. The summed E-state index contributed by atoms with van der Waals surface area (Å²) in [6, 6.07) is 4.56. The molecule has 3 rings (SSSR count). The van der Waals surface area contributed by atoms with Gasteiger partial charge in [0.1, 0.15) is 11.6 Å². The molecule has 0 aromatic carbocycles. The molecular formula is C14H20FN3. The third-order valence-electron chi connectivity index (χ3n) is 3.85. The molecule has 1 aliphatic carbocycles. The highest BCUT2D eigenvalue weighted by Gasteiger charge is 2.27. The van der Waals surface area contributed by atoms with Gasteiger partial charge < -0.3 is 10.2 Å². The topological polar surface area (TPSA) is 28.2 Å². The number of nitrogens with one attached hydrogen (secondary N) is 1. The molecule has 1 atom stereocenters. The van der Waals surface area contributed by atoms with Crippen LogP contribution in [0.15, 0.2) is 18.3 Å². The minimum Gasteiger partial charge on any atom is -0.352 e. The Bertz CT molecular complexity index is 389. The number of rotatable bonds is 4. The molecule has 1 N–H and O–H groups in total. The summed E-state index contributed by atoms with van der Waals surface area (Å²) in [5.41, 5.74) is 0. The number of halogens is 1. The molecule has 1 saturated heterocycles. The molecule has 1 saturated carbocycles. The Morgan fingerprint density at radius 1 is 1.28 bits per heavy atom. The highest BCUT2D eigenvalue weighted by Crippen LogP contribution is 2.24. The quantitative estimate of drug-likeness (QED) is 0.887. The summed E-state index contributed by atoms with van der Waals surface area (Å²) < 4.78 is 12.9. The van der Waals surface area contributed by atoms with E-state index < -0.39 is 0 Å². The van der Waals surface area contributed by atoms with Gasteiger partial charge in [-0.05, 0) is 44.2 Å². The zero-order chi connectivity index (χ0) is 12.4. The molecule has 2 fully saturated rings. The van der Waals surface area contributed by atoms with Crippen LogP contribution in [0.2, 0.25) is 0 Å². The van der Waals surface area contributed by atoms with Crippen LogP contribution in [0.25, 0.3) is 0 Å². The monoisotopic (exact) mass is 249 g/mol. The summed E-state index contributed by atoms with van der Waals surface area (Å²) in [5, 5.41) is 3.59. The average Bonchev–Trinajstić information content (AvgIpc) is 3.22. The van der Waals surface area contributed by atoms with Gasteiger partial charge in [-0.15, -0.1) is 0 Å². The van der Waals surface area contributed by atoms with Crippen LogP contribution in [0, 0.1) is 5.82 Å². The van der Waals surface area contributed by atoms with Crippen molar-refractivity contribution in [2.75, 3.05) is 18.0 Å². The Balaban J connectivity index is 1.67. The first-order valence-corrected chi connectivity index (χ1v) is 6.94. The third kappa shape index (κ3) is 2.80. The molecule has 4 heteroatoms. The largest absolute Gasteiger partial charge is 0.352 e. The maximum absolute atomic E-state index is 12.9. The van der Waals surface area contributed by atoms with Gasteiger partial charge in [0.25, 0.3) is 0 Å². The van der Waals surface area contributed by atoms with Crippen LogP contribution in [0.4, 0.5) is 10.2 Å². The Morgan fingerprint density at radius 2 is 2.17 bits per heavy atom. The molecule has 0 bridgehead atoms. The van der Waals surface area contributed by atoms with Crippen molar-refractivity contribution in [2.45, 2.75) is 44.2 Å². The van der Waals surface area contributed by atoms with Gasteiger partial charge in [0, 0.05) is 25.2 Å². The fourth-order valence-corrected chi connectivity index (χ4v) is 2.64. The van der Waals surface area contributed by atoms with Crippen LogP contribution < -0.4 is 10.2 Å². The lowest BCUT2D eigenvalue weighted by molar-refractivity contribution is 0.431. The third-order valence-corrected chi connectivity index (χ3v) is 3.85. The van der Waals surface area contributed by atoms with E-state index in [9.17, 15) is 4.39 Å². The molecule has 98 valence electrons. The number of aromatic nitrogens is 1. The molecule has 18 heavy (non-hydrogen) atoms. The van der Waals surface area contributed by atoms with Gasteiger partial charge in [0.05, 0.1) is 6.20 Å². The standard InChI is InChI=1S/C14H20FN3/c15-11-4-7-14(17-9-11)18-8-2-1-3-13(18)10-16-12-5-6-12/h4,7,9,12-13,16H,1-3,5-6,8,10H2. The van der Waals surface area contributed by atoms with E-state index in [0.717, 1.165) is 24.9 Å². The second-order valence-electron chi connectivity index (χ2n) is 5.36. The summed E-state index contributed by atoms with van der Waals surface area (Å²) in [6.45, 7) is 2.07. The highest BCUT2D eigenvalue weighted by atomic mass is 19.1. The van der Waals surface area contributed by atoms with Crippen molar-refractivity contribution in [3.8, 4) is 0 Å². The van der Waals surface area contributed by atoms with Crippen molar-refractivity contribution in [3.63, 3.8) is 0 Å². The van der Waals surface area contributed by atoms with Crippen molar-refractivity contribution in [2.24, 2.45) is 0 Å². The number of pyridine rings is 1. The average molecular weight is 249 g/mol. The van der Waals surface area contributed by atoms with E-state index in [1.165, 1.54) is 44.4 Å². The summed E-state index contributed by atoms with van der Waals surface area (Å²) in [4.78, 5) is 6.55. The lowest BCUT2D eigenvalue weighted by Gasteiger charge is -2.37. The first-order chi connectivity index (χ1) is 8.83. The summed E-state index contributed by atoms with van der Waals surface area (Å²) in [6.07, 6.45) is 7.66. The SMILES string of the molecule is Fc1ccc(N2CCCCC2CNC2CC2)nc1. The number of anilines is 1. The van der Waals surface area contributed by atoms with E-state index in [0.29, 0.717) is 6.04 Å².